The van der Waals surface area contributed by atoms with Crippen LogP contribution in [0.25, 0.3) is 0 Å². The van der Waals surface area contributed by atoms with Crippen molar-refractivity contribution in [3.05, 3.63) is 0 Å². The molecule has 0 saturated heterocycles. The monoisotopic (exact) mass is 205 g/mol. The van der Waals surface area contributed by atoms with E-state index in [0.717, 1.165) is 39.3 Å². The minimum absolute atomic E-state index is 0.700. The molecule has 0 unspecified atom stereocenters. The van der Waals surface area contributed by atoms with Gasteiger partial charge >= 0.3 is 0 Å². The first kappa shape index (κ1) is 13.8. The highest BCUT2D eigenvalue weighted by atomic mass is 16.5. The molecule has 0 saturated carbocycles. The van der Waals surface area contributed by atoms with E-state index in [1.165, 1.54) is 0 Å². The summed E-state index contributed by atoms with van der Waals surface area (Å²) in [6.45, 7) is 7.62. The highest BCUT2D eigenvalue weighted by Crippen LogP contribution is 1.82. The largest absolute Gasteiger partial charge is 0.383 e. The molecule has 0 bridgehead atoms. The summed E-state index contributed by atoms with van der Waals surface area (Å²) in [7, 11) is 1.71. The zero-order valence-electron chi connectivity index (χ0n) is 9.38. The van der Waals surface area contributed by atoms with Crippen LogP contribution in [-0.2, 0) is 14.2 Å². The number of nitrogens with one attached hydrogen (secondary N) is 1. The first-order valence-corrected chi connectivity index (χ1v) is 5.27. The first-order chi connectivity index (χ1) is 6.91. The van der Waals surface area contributed by atoms with Crippen LogP contribution in [-0.4, -0.2) is 53.2 Å². The fraction of sp³-hybridized carbons (Fsp3) is 1.00. The maximum absolute atomic E-state index is 5.35. The van der Waals surface area contributed by atoms with Crippen LogP contribution in [0, 0.1) is 0 Å². The Kier molecular flexibility index (Phi) is 12.7. The van der Waals surface area contributed by atoms with Gasteiger partial charge in [-0.2, -0.15) is 0 Å². The van der Waals surface area contributed by atoms with E-state index in [1.807, 2.05) is 6.92 Å². The minimum atomic E-state index is 0.700. The third-order valence-corrected chi connectivity index (χ3v) is 1.70. The van der Waals surface area contributed by atoms with Crippen LogP contribution in [0.2, 0.25) is 0 Å². The average molecular weight is 205 g/mol. The van der Waals surface area contributed by atoms with Crippen LogP contribution in [0.15, 0.2) is 0 Å². The molecule has 0 amide bonds. The molecule has 4 nitrogen and oxygen atoms in total. The molecular formula is C10H23NO3. The lowest BCUT2D eigenvalue weighted by molar-refractivity contribution is 0.0519. The summed E-state index contributed by atoms with van der Waals surface area (Å²) in [5, 5.41) is 3.25. The van der Waals surface area contributed by atoms with Gasteiger partial charge in [-0.3, -0.25) is 0 Å². The molecule has 0 aromatic carbocycles. The van der Waals surface area contributed by atoms with Gasteiger partial charge in [0.05, 0.1) is 19.8 Å². The molecule has 4 heteroatoms. The van der Waals surface area contributed by atoms with Crippen LogP contribution in [0.1, 0.15) is 13.3 Å². The van der Waals surface area contributed by atoms with Crippen LogP contribution in [0.3, 0.4) is 0 Å². The van der Waals surface area contributed by atoms with Crippen molar-refractivity contribution >= 4 is 0 Å². The standard InChI is InChI=1S/C10H23NO3/c1-3-13-9-10-14-7-4-5-11-6-8-12-2/h11H,3-10H2,1-2H3. The van der Waals surface area contributed by atoms with E-state index < -0.39 is 0 Å². The second-order valence-corrected chi connectivity index (χ2v) is 2.91. The Morgan fingerprint density at radius 2 is 1.71 bits per heavy atom. The van der Waals surface area contributed by atoms with Gasteiger partial charge in [0.2, 0.25) is 0 Å². The summed E-state index contributed by atoms with van der Waals surface area (Å²) in [4.78, 5) is 0. The summed E-state index contributed by atoms with van der Waals surface area (Å²) in [5.41, 5.74) is 0. The van der Waals surface area contributed by atoms with Gasteiger partial charge in [-0.25, -0.2) is 0 Å². The van der Waals surface area contributed by atoms with Gasteiger partial charge in [0.15, 0.2) is 0 Å². The van der Waals surface area contributed by atoms with Crippen molar-refractivity contribution < 1.29 is 14.2 Å². The summed E-state index contributed by atoms with van der Waals surface area (Å²) >= 11 is 0. The Bertz CT molecular complexity index is 89.4. The zero-order chi connectivity index (χ0) is 10.5. The number of methoxy groups -OCH3 is 1. The van der Waals surface area contributed by atoms with Gasteiger partial charge in [-0.1, -0.05) is 0 Å². The van der Waals surface area contributed by atoms with Crippen molar-refractivity contribution in [2.75, 3.05) is 53.2 Å². The molecule has 0 aromatic rings. The number of hydrogen-bond donors (Lipinski definition) is 1. The molecule has 0 heterocycles. The maximum Gasteiger partial charge on any atom is 0.0700 e. The van der Waals surface area contributed by atoms with Gasteiger partial charge in [0.1, 0.15) is 0 Å². The summed E-state index contributed by atoms with van der Waals surface area (Å²) in [6, 6.07) is 0. The van der Waals surface area contributed by atoms with Crippen LogP contribution in [0.4, 0.5) is 0 Å². The third kappa shape index (κ3) is 11.8. The van der Waals surface area contributed by atoms with Gasteiger partial charge in [-0.15, -0.1) is 0 Å². The quantitative estimate of drug-likeness (QED) is 0.503. The van der Waals surface area contributed by atoms with E-state index in [-0.39, 0.29) is 0 Å². The Labute approximate surface area is 86.9 Å². The van der Waals surface area contributed by atoms with Crippen molar-refractivity contribution in [2.24, 2.45) is 0 Å². The summed E-state index contributed by atoms with van der Waals surface area (Å²) in [6.07, 6.45) is 1.04. The van der Waals surface area contributed by atoms with Crippen LogP contribution >= 0.6 is 0 Å². The van der Waals surface area contributed by atoms with Crippen LogP contribution in [0.5, 0.6) is 0 Å². The normalized spacial score (nSPS) is 10.7. The Hall–Kier alpha value is -0.160. The first-order valence-electron chi connectivity index (χ1n) is 5.27. The van der Waals surface area contributed by atoms with E-state index in [1.54, 1.807) is 7.11 Å². The predicted octanol–water partition coefficient (Wildman–Crippen LogP) is 0.666. The molecule has 0 aliphatic carbocycles. The van der Waals surface area contributed by atoms with Crippen molar-refractivity contribution in [3.63, 3.8) is 0 Å². The maximum atomic E-state index is 5.35. The van der Waals surface area contributed by atoms with Gasteiger partial charge in [-0.05, 0) is 19.9 Å². The SMILES string of the molecule is CCOCCOCCCNCCOC. The Morgan fingerprint density at radius 3 is 2.43 bits per heavy atom. The van der Waals surface area contributed by atoms with Crippen molar-refractivity contribution in [2.45, 2.75) is 13.3 Å². The summed E-state index contributed by atoms with van der Waals surface area (Å²) < 4.78 is 15.4. The highest BCUT2D eigenvalue weighted by Gasteiger charge is 1.89. The van der Waals surface area contributed by atoms with Gasteiger partial charge in [0.25, 0.3) is 0 Å². The lowest BCUT2D eigenvalue weighted by Gasteiger charge is -2.05. The van der Waals surface area contributed by atoms with Gasteiger partial charge in [0, 0.05) is 26.9 Å². The molecule has 86 valence electrons. The molecule has 0 aliphatic heterocycles. The van der Waals surface area contributed by atoms with Crippen molar-refractivity contribution in [1.82, 2.24) is 5.32 Å². The smallest absolute Gasteiger partial charge is 0.0700 e. The summed E-state index contributed by atoms with van der Waals surface area (Å²) in [5.74, 6) is 0. The highest BCUT2D eigenvalue weighted by molar-refractivity contribution is 4.45. The molecule has 0 aromatic heterocycles. The second-order valence-electron chi connectivity index (χ2n) is 2.91. The average Bonchev–Trinajstić information content (AvgIpc) is 2.21. The van der Waals surface area contributed by atoms with E-state index in [2.05, 4.69) is 5.32 Å². The number of rotatable bonds is 11. The van der Waals surface area contributed by atoms with Crippen molar-refractivity contribution in [3.8, 4) is 0 Å². The second kappa shape index (κ2) is 12.8. The van der Waals surface area contributed by atoms with E-state index >= 15 is 0 Å². The third-order valence-electron chi connectivity index (χ3n) is 1.70. The molecule has 0 rings (SSSR count). The molecular weight excluding hydrogens is 182 g/mol. The molecule has 14 heavy (non-hydrogen) atoms. The Balaban J connectivity index is 2.78. The fourth-order valence-corrected chi connectivity index (χ4v) is 0.963. The molecule has 0 radical (unpaired) electrons. The molecule has 1 N–H and O–H groups in total. The molecule has 0 spiro atoms. The number of ether oxygens (including phenoxy) is 3. The van der Waals surface area contributed by atoms with Crippen LogP contribution < -0.4 is 5.32 Å². The molecule has 0 atom stereocenters. The topological polar surface area (TPSA) is 39.7 Å². The predicted molar refractivity (Wildman–Crippen MR) is 56.7 cm³/mol. The lowest BCUT2D eigenvalue weighted by atomic mass is 10.4. The zero-order valence-corrected chi connectivity index (χ0v) is 9.38. The molecule has 0 aliphatic rings. The number of hydrogen-bond acceptors (Lipinski definition) is 4. The van der Waals surface area contributed by atoms with Gasteiger partial charge < -0.3 is 19.5 Å². The fourth-order valence-electron chi connectivity index (χ4n) is 0.963. The lowest BCUT2D eigenvalue weighted by Crippen LogP contribution is -2.21. The minimum Gasteiger partial charge on any atom is -0.383 e. The van der Waals surface area contributed by atoms with Crippen molar-refractivity contribution in [1.29, 1.82) is 0 Å². The Morgan fingerprint density at radius 1 is 0.929 bits per heavy atom. The van der Waals surface area contributed by atoms with E-state index in [9.17, 15) is 0 Å². The van der Waals surface area contributed by atoms with E-state index in [0.29, 0.717) is 13.2 Å². The van der Waals surface area contributed by atoms with E-state index in [4.69, 9.17) is 14.2 Å². The molecule has 0 fully saturated rings.